The van der Waals surface area contributed by atoms with Gasteiger partial charge in [-0.2, -0.15) is 0 Å². The monoisotopic (exact) mass is 188 g/mol. The molecule has 0 bridgehead atoms. The minimum absolute atomic E-state index is 0.880. The molecule has 1 fully saturated rings. The number of hydrogen-bond acceptors (Lipinski definition) is 2. The molecule has 2 nitrogen and oxygen atoms in total. The van der Waals surface area contributed by atoms with Gasteiger partial charge in [-0.3, -0.25) is 0 Å². The quantitative estimate of drug-likeness (QED) is 0.528. The molecule has 0 aromatic rings. The summed E-state index contributed by atoms with van der Waals surface area (Å²) < 4.78 is 0. The molecule has 1 aliphatic heterocycles. The van der Waals surface area contributed by atoms with Crippen molar-refractivity contribution in [3.8, 4) is 0 Å². The molecule has 1 heterocycles. The summed E-state index contributed by atoms with van der Waals surface area (Å²) in [7, 11) is 0. The van der Waals surface area contributed by atoms with Crippen LogP contribution in [0.1, 0.15) is 13.8 Å². The van der Waals surface area contributed by atoms with Crippen LogP contribution in [0.2, 0.25) is 0 Å². The lowest BCUT2D eigenvalue weighted by atomic mass is 10.5. The summed E-state index contributed by atoms with van der Waals surface area (Å²) in [5.41, 5.74) is 0. The van der Waals surface area contributed by atoms with E-state index in [0.717, 1.165) is 29.7 Å². The van der Waals surface area contributed by atoms with Gasteiger partial charge in [0.15, 0.2) is 0 Å². The standard InChI is InChI=1S/C7H12N2S2/c1-6(10)8-3-4-9(5-8)7(2)11/h3-5H2,1-2H3. The molecule has 0 aromatic heterocycles. The van der Waals surface area contributed by atoms with Crippen molar-refractivity contribution in [2.75, 3.05) is 19.8 Å². The maximum atomic E-state index is 5.05. The van der Waals surface area contributed by atoms with E-state index in [0.29, 0.717) is 0 Å². The molecule has 0 atom stereocenters. The van der Waals surface area contributed by atoms with E-state index in [9.17, 15) is 0 Å². The number of thiocarbonyl (C=S) groups is 2. The summed E-state index contributed by atoms with van der Waals surface area (Å²) in [6.45, 7) is 6.83. The van der Waals surface area contributed by atoms with Crippen LogP contribution in [-0.4, -0.2) is 39.5 Å². The van der Waals surface area contributed by atoms with Gasteiger partial charge in [0.05, 0.1) is 16.6 Å². The van der Waals surface area contributed by atoms with Crippen LogP contribution in [0, 0.1) is 0 Å². The van der Waals surface area contributed by atoms with Crippen molar-refractivity contribution >= 4 is 34.4 Å². The van der Waals surface area contributed by atoms with Crippen LogP contribution in [0.15, 0.2) is 0 Å². The first kappa shape index (κ1) is 8.87. The van der Waals surface area contributed by atoms with E-state index in [1.807, 2.05) is 13.8 Å². The molecular formula is C7H12N2S2. The fourth-order valence-corrected chi connectivity index (χ4v) is 1.40. The highest BCUT2D eigenvalue weighted by Crippen LogP contribution is 2.06. The lowest BCUT2D eigenvalue weighted by Gasteiger charge is -2.18. The first-order chi connectivity index (χ1) is 5.11. The highest BCUT2D eigenvalue weighted by Gasteiger charge is 2.19. The van der Waals surface area contributed by atoms with Crippen LogP contribution in [-0.2, 0) is 0 Å². The van der Waals surface area contributed by atoms with Crippen molar-refractivity contribution in [1.82, 2.24) is 9.80 Å². The van der Waals surface area contributed by atoms with Gasteiger partial charge in [-0.05, 0) is 13.8 Å². The van der Waals surface area contributed by atoms with Gasteiger partial charge in [-0.15, -0.1) is 0 Å². The van der Waals surface area contributed by atoms with E-state index < -0.39 is 0 Å². The van der Waals surface area contributed by atoms with Crippen LogP contribution in [0.3, 0.4) is 0 Å². The zero-order valence-corrected chi connectivity index (χ0v) is 8.47. The Morgan fingerprint density at radius 2 is 1.36 bits per heavy atom. The van der Waals surface area contributed by atoms with Crippen molar-refractivity contribution in [2.45, 2.75) is 13.8 Å². The zero-order chi connectivity index (χ0) is 8.43. The van der Waals surface area contributed by atoms with Gasteiger partial charge in [0.1, 0.15) is 0 Å². The van der Waals surface area contributed by atoms with E-state index in [-0.39, 0.29) is 0 Å². The van der Waals surface area contributed by atoms with Gasteiger partial charge in [0.25, 0.3) is 0 Å². The van der Waals surface area contributed by atoms with E-state index in [1.165, 1.54) is 0 Å². The second kappa shape index (κ2) is 3.45. The van der Waals surface area contributed by atoms with Gasteiger partial charge in [0.2, 0.25) is 0 Å². The third-order valence-electron chi connectivity index (χ3n) is 1.87. The summed E-state index contributed by atoms with van der Waals surface area (Å²) in [6.07, 6.45) is 0. The Morgan fingerprint density at radius 1 is 1.00 bits per heavy atom. The normalized spacial score (nSPS) is 17.3. The molecule has 1 aliphatic rings. The molecule has 4 heteroatoms. The minimum Gasteiger partial charge on any atom is -0.347 e. The molecule has 0 amide bonds. The van der Waals surface area contributed by atoms with Crippen LogP contribution in [0.5, 0.6) is 0 Å². The average Bonchev–Trinajstić information content (AvgIpc) is 2.33. The Hall–Kier alpha value is -0.220. The SMILES string of the molecule is CC(=S)N1CCN(C(C)=S)C1. The summed E-state index contributed by atoms with van der Waals surface area (Å²) in [4.78, 5) is 6.24. The molecule has 0 spiro atoms. The average molecular weight is 188 g/mol. The maximum absolute atomic E-state index is 5.05. The Morgan fingerprint density at radius 3 is 1.55 bits per heavy atom. The van der Waals surface area contributed by atoms with E-state index in [2.05, 4.69) is 9.80 Å². The Bertz CT molecular complexity index is 171. The van der Waals surface area contributed by atoms with Crippen LogP contribution < -0.4 is 0 Å². The lowest BCUT2D eigenvalue weighted by Crippen LogP contribution is -2.29. The second-order valence-corrected chi connectivity index (χ2v) is 3.89. The number of rotatable bonds is 0. The first-order valence-electron chi connectivity index (χ1n) is 3.62. The highest BCUT2D eigenvalue weighted by atomic mass is 32.1. The van der Waals surface area contributed by atoms with Crippen LogP contribution in [0.25, 0.3) is 0 Å². The van der Waals surface area contributed by atoms with Crippen LogP contribution >= 0.6 is 24.4 Å². The van der Waals surface area contributed by atoms with Gasteiger partial charge in [-0.25, -0.2) is 0 Å². The summed E-state index contributed by atoms with van der Waals surface area (Å²) in [6, 6.07) is 0. The smallest absolute Gasteiger partial charge is 0.0913 e. The van der Waals surface area contributed by atoms with E-state index in [1.54, 1.807) is 0 Å². The molecule has 1 saturated heterocycles. The molecule has 0 N–H and O–H groups in total. The largest absolute Gasteiger partial charge is 0.347 e. The van der Waals surface area contributed by atoms with Crippen LogP contribution in [0.4, 0.5) is 0 Å². The van der Waals surface area contributed by atoms with E-state index >= 15 is 0 Å². The lowest BCUT2D eigenvalue weighted by molar-refractivity contribution is 0.430. The Labute approximate surface area is 78.2 Å². The molecule has 0 unspecified atom stereocenters. The molecule has 0 radical (unpaired) electrons. The van der Waals surface area contributed by atoms with Crippen molar-refractivity contribution in [2.24, 2.45) is 0 Å². The molecule has 62 valence electrons. The predicted octanol–water partition coefficient (Wildman–Crippen LogP) is 1.26. The van der Waals surface area contributed by atoms with Crippen molar-refractivity contribution in [3.05, 3.63) is 0 Å². The van der Waals surface area contributed by atoms with E-state index in [4.69, 9.17) is 24.4 Å². The molecule has 0 aliphatic carbocycles. The molecule has 0 saturated carbocycles. The predicted molar refractivity (Wildman–Crippen MR) is 54.8 cm³/mol. The number of hydrogen-bond donors (Lipinski definition) is 0. The minimum atomic E-state index is 0.880. The summed E-state index contributed by atoms with van der Waals surface area (Å²) >= 11 is 10.1. The van der Waals surface area contributed by atoms with Crippen molar-refractivity contribution in [3.63, 3.8) is 0 Å². The fraction of sp³-hybridized carbons (Fsp3) is 0.714. The molecular weight excluding hydrogens is 176 g/mol. The molecule has 11 heavy (non-hydrogen) atoms. The highest BCUT2D eigenvalue weighted by molar-refractivity contribution is 7.80. The molecule has 0 aromatic carbocycles. The second-order valence-electron chi connectivity index (χ2n) is 2.71. The van der Waals surface area contributed by atoms with Crippen molar-refractivity contribution in [1.29, 1.82) is 0 Å². The maximum Gasteiger partial charge on any atom is 0.0913 e. The third-order valence-corrected chi connectivity index (χ3v) is 2.39. The van der Waals surface area contributed by atoms with Gasteiger partial charge >= 0.3 is 0 Å². The Kier molecular flexibility index (Phi) is 2.78. The fourth-order valence-electron chi connectivity index (χ4n) is 1.10. The summed E-state index contributed by atoms with van der Waals surface area (Å²) in [5.74, 6) is 0. The topological polar surface area (TPSA) is 6.48 Å². The van der Waals surface area contributed by atoms with Gasteiger partial charge < -0.3 is 9.80 Å². The summed E-state index contributed by atoms with van der Waals surface area (Å²) in [5, 5.41) is 0. The van der Waals surface area contributed by atoms with Gasteiger partial charge in [-0.1, -0.05) is 24.4 Å². The van der Waals surface area contributed by atoms with Gasteiger partial charge in [0, 0.05) is 13.1 Å². The third kappa shape index (κ3) is 2.10. The zero-order valence-electron chi connectivity index (χ0n) is 6.83. The molecule has 1 rings (SSSR count). The Balaban J connectivity index is 2.47. The number of nitrogens with zero attached hydrogens (tertiary/aromatic N) is 2. The van der Waals surface area contributed by atoms with Crippen molar-refractivity contribution < 1.29 is 0 Å². The first-order valence-corrected chi connectivity index (χ1v) is 4.44.